The molecule has 0 aromatic rings. The molecule has 0 radical (unpaired) electrons. The molecule has 2 rings (SSSR count). The molecule has 2 saturated carbocycles. The molecule has 18 heavy (non-hydrogen) atoms. The monoisotopic (exact) mass is 276 g/mol. The zero-order valence-corrected chi connectivity index (χ0v) is 11.4. The Bertz CT molecular complexity index is 422. The summed E-state index contributed by atoms with van der Waals surface area (Å²) >= 11 is 0. The molecule has 0 aliphatic heterocycles. The highest BCUT2D eigenvalue weighted by molar-refractivity contribution is 7.86. The first-order valence-corrected chi connectivity index (χ1v) is 8.27. The van der Waals surface area contributed by atoms with Crippen LogP contribution in [0.3, 0.4) is 0 Å². The maximum absolute atomic E-state index is 11.4. The van der Waals surface area contributed by atoms with Crippen molar-refractivity contribution in [2.24, 2.45) is 11.3 Å². The third kappa shape index (κ3) is 2.69. The van der Waals surface area contributed by atoms with Crippen LogP contribution in [0.15, 0.2) is 0 Å². The lowest BCUT2D eigenvalue weighted by Crippen LogP contribution is -2.47. The summed E-state index contributed by atoms with van der Waals surface area (Å²) in [4.78, 5) is 11.3. The van der Waals surface area contributed by atoms with Gasteiger partial charge in [0.05, 0.1) is 18.3 Å². The maximum atomic E-state index is 11.4. The third-order valence-electron chi connectivity index (χ3n) is 4.35. The molecule has 2 atom stereocenters. The first kappa shape index (κ1) is 13.8. The maximum Gasteiger partial charge on any atom is 0.309 e. The highest BCUT2D eigenvalue weighted by Crippen LogP contribution is 2.52. The van der Waals surface area contributed by atoms with Gasteiger partial charge in [-0.05, 0) is 31.1 Å². The predicted octanol–water partition coefficient (Wildman–Crippen LogP) is 1.78. The average molecular weight is 276 g/mol. The Morgan fingerprint density at radius 2 is 1.78 bits per heavy atom. The fourth-order valence-electron chi connectivity index (χ4n) is 3.62. The molecule has 0 amide bonds. The molecule has 1 N–H and O–H groups in total. The first-order valence-electron chi connectivity index (χ1n) is 6.45. The largest absolute Gasteiger partial charge is 0.481 e. The van der Waals surface area contributed by atoms with Crippen LogP contribution in [0.2, 0.25) is 0 Å². The van der Waals surface area contributed by atoms with E-state index in [1.807, 2.05) is 0 Å². The van der Waals surface area contributed by atoms with E-state index in [0.717, 1.165) is 44.8 Å². The molecule has 2 aliphatic carbocycles. The lowest BCUT2D eigenvalue weighted by atomic mass is 9.66. The molecule has 0 bridgehead atoms. The van der Waals surface area contributed by atoms with Gasteiger partial charge in [0.25, 0.3) is 10.1 Å². The average Bonchev–Trinajstić information content (AvgIpc) is 2.68. The van der Waals surface area contributed by atoms with Crippen molar-refractivity contribution in [1.29, 1.82) is 0 Å². The van der Waals surface area contributed by atoms with Crippen LogP contribution in [-0.2, 0) is 19.1 Å². The van der Waals surface area contributed by atoms with E-state index >= 15 is 0 Å². The number of carboxylic acid groups (broad SMARTS) is 1. The van der Waals surface area contributed by atoms with Gasteiger partial charge >= 0.3 is 5.97 Å². The SMILES string of the molecule is CS(=O)(=O)OC1C(C(=O)O)CCCC12CCCC2. The molecule has 2 fully saturated rings. The minimum Gasteiger partial charge on any atom is -0.481 e. The Balaban J connectivity index is 2.30. The van der Waals surface area contributed by atoms with Gasteiger partial charge < -0.3 is 5.11 Å². The molecule has 0 aromatic carbocycles. The molecule has 0 heterocycles. The van der Waals surface area contributed by atoms with Crippen molar-refractivity contribution in [3.8, 4) is 0 Å². The second kappa shape index (κ2) is 4.81. The summed E-state index contributed by atoms with van der Waals surface area (Å²) in [7, 11) is -3.62. The number of carboxylic acids is 1. The van der Waals surface area contributed by atoms with Gasteiger partial charge in [-0.25, -0.2) is 0 Å². The molecular formula is C12H20O5S. The molecule has 2 unspecified atom stereocenters. The van der Waals surface area contributed by atoms with Gasteiger partial charge in [-0.2, -0.15) is 8.42 Å². The molecule has 5 nitrogen and oxygen atoms in total. The molecule has 6 heteroatoms. The van der Waals surface area contributed by atoms with Crippen molar-refractivity contribution >= 4 is 16.1 Å². The van der Waals surface area contributed by atoms with E-state index in [4.69, 9.17) is 4.18 Å². The summed E-state index contributed by atoms with van der Waals surface area (Å²) in [6.45, 7) is 0. The summed E-state index contributed by atoms with van der Waals surface area (Å²) in [5, 5.41) is 9.27. The van der Waals surface area contributed by atoms with Crippen molar-refractivity contribution in [3.05, 3.63) is 0 Å². The lowest BCUT2D eigenvalue weighted by molar-refractivity contribution is -0.151. The molecule has 2 aliphatic rings. The summed E-state index contributed by atoms with van der Waals surface area (Å²) in [6, 6.07) is 0. The van der Waals surface area contributed by atoms with Gasteiger partial charge in [0.2, 0.25) is 0 Å². The topological polar surface area (TPSA) is 80.7 Å². The van der Waals surface area contributed by atoms with Crippen LogP contribution in [0.4, 0.5) is 0 Å². The van der Waals surface area contributed by atoms with Gasteiger partial charge in [0.1, 0.15) is 0 Å². The number of rotatable bonds is 3. The Hall–Kier alpha value is -0.620. The number of hydrogen-bond donors (Lipinski definition) is 1. The predicted molar refractivity (Wildman–Crippen MR) is 65.6 cm³/mol. The van der Waals surface area contributed by atoms with Crippen molar-refractivity contribution < 1.29 is 22.5 Å². The summed E-state index contributed by atoms with van der Waals surface area (Å²) in [5.41, 5.74) is -0.232. The smallest absolute Gasteiger partial charge is 0.309 e. The Kier molecular flexibility index (Phi) is 3.69. The van der Waals surface area contributed by atoms with Crippen molar-refractivity contribution in [2.45, 2.75) is 51.0 Å². The highest BCUT2D eigenvalue weighted by atomic mass is 32.2. The van der Waals surface area contributed by atoms with Crippen LogP contribution >= 0.6 is 0 Å². The lowest BCUT2D eigenvalue weighted by Gasteiger charge is -2.43. The second-order valence-corrected chi connectivity index (χ2v) is 7.23. The van der Waals surface area contributed by atoms with Crippen LogP contribution in [0.25, 0.3) is 0 Å². The van der Waals surface area contributed by atoms with Crippen LogP contribution in [0.5, 0.6) is 0 Å². The van der Waals surface area contributed by atoms with E-state index in [2.05, 4.69) is 0 Å². The quantitative estimate of drug-likeness (QED) is 0.795. The fraction of sp³-hybridized carbons (Fsp3) is 0.917. The second-order valence-electron chi connectivity index (χ2n) is 5.63. The Labute approximate surface area is 108 Å². The summed E-state index contributed by atoms with van der Waals surface area (Å²) in [6.07, 6.45) is 6.42. The molecule has 104 valence electrons. The molecule has 0 aromatic heterocycles. The van der Waals surface area contributed by atoms with Crippen molar-refractivity contribution in [1.82, 2.24) is 0 Å². The number of aliphatic carboxylic acids is 1. The Morgan fingerprint density at radius 1 is 1.22 bits per heavy atom. The summed E-state index contributed by atoms with van der Waals surface area (Å²) < 4.78 is 28.0. The molecule has 1 spiro atoms. The number of hydrogen-bond acceptors (Lipinski definition) is 4. The first-order chi connectivity index (χ1) is 8.34. The zero-order valence-electron chi connectivity index (χ0n) is 10.6. The molecule has 0 saturated heterocycles. The van der Waals surface area contributed by atoms with Crippen molar-refractivity contribution in [2.75, 3.05) is 6.26 Å². The van der Waals surface area contributed by atoms with E-state index in [9.17, 15) is 18.3 Å². The van der Waals surface area contributed by atoms with Crippen LogP contribution in [0.1, 0.15) is 44.9 Å². The highest BCUT2D eigenvalue weighted by Gasteiger charge is 2.51. The normalized spacial score (nSPS) is 31.6. The minimum absolute atomic E-state index is 0.232. The van der Waals surface area contributed by atoms with Gasteiger partial charge in [0, 0.05) is 0 Å². The minimum atomic E-state index is -3.62. The van der Waals surface area contributed by atoms with Gasteiger partial charge in [-0.1, -0.05) is 19.3 Å². The van der Waals surface area contributed by atoms with E-state index in [1.165, 1.54) is 0 Å². The van der Waals surface area contributed by atoms with Crippen LogP contribution < -0.4 is 0 Å². The standard InChI is InChI=1S/C12H20O5S/c1-18(15,16)17-10-9(11(13)14)5-4-8-12(10)6-2-3-7-12/h9-10H,2-8H2,1H3,(H,13,14). The fourth-order valence-corrected chi connectivity index (χ4v) is 4.33. The van der Waals surface area contributed by atoms with Crippen LogP contribution in [0, 0.1) is 11.3 Å². The Morgan fingerprint density at radius 3 is 2.28 bits per heavy atom. The van der Waals surface area contributed by atoms with Gasteiger partial charge in [-0.3, -0.25) is 8.98 Å². The zero-order chi connectivity index (χ0) is 13.4. The van der Waals surface area contributed by atoms with Crippen molar-refractivity contribution in [3.63, 3.8) is 0 Å². The van der Waals surface area contributed by atoms with E-state index in [0.29, 0.717) is 6.42 Å². The molecular weight excluding hydrogens is 256 g/mol. The third-order valence-corrected chi connectivity index (χ3v) is 4.91. The van der Waals surface area contributed by atoms with E-state index < -0.39 is 28.1 Å². The summed E-state index contributed by atoms with van der Waals surface area (Å²) in [5.74, 6) is -1.62. The van der Waals surface area contributed by atoms with Gasteiger partial charge in [-0.15, -0.1) is 0 Å². The number of carbonyl (C=O) groups is 1. The van der Waals surface area contributed by atoms with E-state index in [-0.39, 0.29) is 5.41 Å². The van der Waals surface area contributed by atoms with Gasteiger partial charge in [0.15, 0.2) is 0 Å². The van der Waals surface area contributed by atoms with E-state index in [1.54, 1.807) is 0 Å². The van der Waals surface area contributed by atoms with Crippen LogP contribution in [-0.4, -0.2) is 31.9 Å².